The molecule has 1 nitrogen and oxygen atoms in total. The van der Waals surface area contributed by atoms with E-state index in [1.165, 1.54) is 147 Å². The van der Waals surface area contributed by atoms with Gasteiger partial charge in [-0.25, -0.2) is 0 Å². The van der Waals surface area contributed by atoms with E-state index in [1.807, 2.05) is 12.4 Å². The van der Waals surface area contributed by atoms with Gasteiger partial charge in [0.05, 0.1) is 0 Å². The van der Waals surface area contributed by atoms with Crippen LogP contribution in [-0.2, 0) is 0 Å². The largest absolute Gasteiger partial charge is 0.265 e. The molecule has 0 fully saturated rings. The van der Waals surface area contributed by atoms with Crippen molar-refractivity contribution in [2.75, 3.05) is 0 Å². The highest BCUT2D eigenvalue weighted by molar-refractivity contribution is 5.15. The Morgan fingerprint density at radius 2 is 0.806 bits per heavy atom. The topological polar surface area (TPSA) is 12.9 Å². The average molecular weight is 430 g/mol. The minimum Gasteiger partial charge on any atom is -0.265 e. The first-order chi connectivity index (χ1) is 15.4. The average Bonchev–Trinajstić information content (AvgIpc) is 2.80. The van der Waals surface area contributed by atoms with Gasteiger partial charge in [-0.2, -0.15) is 0 Å². The van der Waals surface area contributed by atoms with Gasteiger partial charge in [0.2, 0.25) is 0 Å². The Balaban J connectivity index is 2.10. The fourth-order valence-electron chi connectivity index (χ4n) is 4.87. The molecular formula is C30H55N. The van der Waals surface area contributed by atoms with Crippen LogP contribution in [0.5, 0.6) is 0 Å². The lowest BCUT2D eigenvalue weighted by Gasteiger charge is -2.17. The van der Waals surface area contributed by atoms with Crippen molar-refractivity contribution in [1.82, 2.24) is 4.98 Å². The van der Waals surface area contributed by atoms with Gasteiger partial charge in [-0.05, 0) is 36.5 Å². The fraction of sp³-hybridized carbons (Fsp3) is 0.833. The predicted octanol–water partition coefficient (Wildman–Crippen LogP) is 10.8. The standard InChI is InChI=1S/C30H55N/c1-3-5-7-9-11-13-15-17-19-21-23-29(30-25-27-31-28-26-30)24-22-20-18-16-14-12-10-8-6-4-2/h25-29H,3-24H2,1-2H3. The van der Waals surface area contributed by atoms with E-state index in [0.717, 1.165) is 5.92 Å². The lowest BCUT2D eigenvalue weighted by molar-refractivity contribution is 0.480. The quantitative estimate of drug-likeness (QED) is 0.158. The molecule has 0 unspecified atom stereocenters. The van der Waals surface area contributed by atoms with Crippen LogP contribution in [0, 0.1) is 0 Å². The van der Waals surface area contributed by atoms with Gasteiger partial charge in [0, 0.05) is 12.4 Å². The molecule has 0 aliphatic heterocycles. The van der Waals surface area contributed by atoms with Crippen molar-refractivity contribution in [1.29, 1.82) is 0 Å². The van der Waals surface area contributed by atoms with Gasteiger partial charge in [0.1, 0.15) is 0 Å². The molecule has 1 heterocycles. The SMILES string of the molecule is CCCCCCCCCCCCC(CCCCCCCCCCCC)c1ccncc1. The van der Waals surface area contributed by atoms with Crippen molar-refractivity contribution in [2.45, 2.75) is 161 Å². The molecule has 0 saturated heterocycles. The maximum Gasteiger partial charge on any atom is 0.0270 e. The number of nitrogens with zero attached hydrogens (tertiary/aromatic N) is 1. The molecule has 0 radical (unpaired) electrons. The molecule has 31 heavy (non-hydrogen) atoms. The Labute approximate surface area is 196 Å². The summed E-state index contributed by atoms with van der Waals surface area (Å²) in [6, 6.07) is 4.52. The summed E-state index contributed by atoms with van der Waals surface area (Å²) in [6.07, 6.45) is 35.3. The first-order valence-electron chi connectivity index (χ1n) is 14.3. The summed E-state index contributed by atoms with van der Waals surface area (Å²) in [4.78, 5) is 4.24. The van der Waals surface area contributed by atoms with E-state index in [-0.39, 0.29) is 0 Å². The minimum absolute atomic E-state index is 0.756. The van der Waals surface area contributed by atoms with Crippen LogP contribution in [0.25, 0.3) is 0 Å². The Bertz CT molecular complexity index is 431. The molecule has 1 aromatic rings. The zero-order valence-corrected chi connectivity index (χ0v) is 21.4. The lowest BCUT2D eigenvalue weighted by Crippen LogP contribution is -2.00. The summed E-state index contributed by atoms with van der Waals surface area (Å²) in [5.41, 5.74) is 1.53. The Hall–Kier alpha value is -0.850. The van der Waals surface area contributed by atoms with Crippen LogP contribution in [0.1, 0.15) is 167 Å². The third-order valence-corrected chi connectivity index (χ3v) is 6.99. The Morgan fingerprint density at radius 3 is 1.16 bits per heavy atom. The molecular weight excluding hydrogens is 374 g/mol. The van der Waals surface area contributed by atoms with Crippen molar-refractivity contribution in [2.24, 2.45) is 0 Å². The van der Waals surface area contributed by atoms with Crippen molar-refractivity contribution in [3.63, 3.8) is 0 Å². The van der Waals surface area contributed by atoms with Crippen LogP contribution in [0.2, 0.25) is 0 Å². The molecule has 180 valence electrons. The second kappa shape index (κ2) is 22.3. The van der Waals surface area contributed by atoms with Crippen LogP contribution < -0.4 is 0 Å². The molecule has 1 rings (SSSR count). The molecule has 1 aromatic heterocycles. The third kappa shape index (κ3) is 17.4. The van der Waals surface area contributed by atoms with Crippen LogP contribution in [0.15, 0.2) is 24.5 Å². The first kappa shape index (κ1) is 28.2. The first-order valence-corrected chi connectivity index (χ1v) is 14.3. The normalized spacial score (nSPS) is 11.5. The van der Waals surface area contributed by atoms with Gasteiger partial charge in [0.25, 0.3) is 0 Å². The monoisotopic (exact) mass is 429 g/mol. The predicted molar refractivity (Wildman–Crippen MR) is 140 cm³/mol. The maximum atomic E-state index is 4.24. The second-order valence-electron chi connectivity index (χ2n) is 9.92. The van der Waals surface area contributed by atoms with Crippen molar-refractivity contribution in [3.05, 3.63) is 30.1 Å². The molecule has 0 aliphatic carbocycles. The zero-order chi connectivity index (χ0) is 22.2. The molecule has 0 spiro atoms. The second-order valence-corrected chi connectivity index (χ2v) is 9.92. The molecule has 0 saturated carbocycles. The van der Waals surface area contributed by atoms with Gasteiger partial charge >= 0.3 is 0 Å². The number of unbranched alkanes of at least 4 members (excludes halogenated alkanes) is 18. The number of aromatic nitrogens is 1. The summed E-state index contributed by atoms with van der Waals surface area (Å²) >= 11 is 0. The molecule has 0 N–H and O–H groups in total. The van der Waals surface area contributed by atoms with Crippen LogP contribution in [0.3, 0.4) is 0 Å². The third-order valence-electron chi connectivity index (χ3n) is 6.99. The highest BCUT2D eigenvalue weighted by Crippen LogP contribution is 2.28. The number of hydrogen-bond acceptors (Lipinski definition) is 1. The summed E-state index contributed by atoms with van der Waals surface area (Å²) < 4.78 is 0. The summed E-state index contributed by atoms with van der Waals surface area (Å²) in [7, 11) is 0. The highest BCUT2D eigenvalue weighted by atomic mass is 14.6. The van der Waals surface area contributed by atoms with Crippen molar-refractivity contribution in [3.8, 4) is 0 Å². The van der Waals surface area contributed by atoms with Crippen LogP contribution in [0.4, 0.5) is 0 Å². The van der Waals surface area contributed by atoms with E-state index in [2.05, 4.69) is 31.0 Å². The molecule has 1 heteroatoms. The van der Waals surface area contributed by atoms with Gasteiger partial charge < -0.3 is 0 Å². The van der Waals surface area contributed by atoms with E-state index in [9.17, 15) is 0 Å². The van der Waals surface area contributed by atoms with E-state index < -0.39 is 0 Å². The zero-order valence-electron chi connectivity index (χ0n) is 21.4. The summed E-state index contributed by atoms with van der Waals surface area (Å²) in [6.45, 7) is 4.60. The smallest absolute Gasteiger partial charge is 0.0270 e. The molecule has 0 bridgehead atoms. The van der Waals surface area contributed by atoms with Gasteiger partial charge in [-0.3, -0.25) is 4.98 Å². The van der Waals surface area contributed by atoms with E-state index in [1.54, 1.807) is 0 Å². The highest BCUT2D eigenvalue weighted by Gasteiger charge is 2.11. The molecule has 0 aromatic carbocycles. The number of pyridine rings is 1. The fourth-order valence-corrected chi connectivity index (χ4v) is 4.87. The Morgan fingerprint density at radius 1 is 0.484 bits per heavy atom. The minimum atomic E-state index is 0.756. The Kier molecular flexibility index (Phi) is 20.3. The van der Waals surface area contributed by atoms with Gasteiger partial charge in [0.15, 0.2) is 0 Å². The molecule has 0 aliphatic rings. The molecule has 0 atom stereocenters. The van der Waals surface area contributed by atoms with Crippen molar-refractivity contribution < 1.29 is 0 Å². The summed E-state index contributed by atoms with van der Waals surface area (Å²) in [5.74, 6) is 0.756. The summed E-state index contributed by atoms with van der Waals surface area (Å²) in [5, 5.41) is 0. The van der Waals surface area contributed by atoms with E-state index >= 15 is 0 Å². The lowest BCUT2D eigenvalue weighted by atomic mass is 9.88. The van der Waals surface area contributed by atoms with E-state index in [4.69, 9.17) is 0 Å². The van der Waals surface area contributed by atoms with E-state index in [0.29, 0.717) is 0 Å². The van der Waals surface area contributed by atoms with Crippen LogP contribution >= 0.6 is 0 Å². The number of hydrogen-bond donors (Lipinski definition) is 0. The van der Waals surface area contributed by atoms with Gasteiger partial charge in [-0.15, -0.1) is 0 Å². The molecule has 0 amide bonds. The van der Waals surface area contributed by atoms with Gasteiger partial charge in [-0.1, -0.05) is 142 Å². The number of rotatable bonds is 23. The van der Waals surface area contributed by atoms with Crippen molar-refractivity contribution >= 4 is 0 Å². The maximum absolute atomic E-state index is 4.24. The van der Waals surface area contributed by atoms with Crippen LogP contribution in [-0.4, -0.2) is 4.98 Å².